The van der Waals surface area contributed by atoms with E-state index < -0.39 is 17.6 Å². The van der Waals surface area contributed by atoms with Crippen molar-refractivity contribution in [1.82, 2.24) is 14.7 Å². The number of anilines is 1. The number of alkyl halides is 2. The Bertz CT molecular complexity index is 1170. The minimum absolute atomic E-state index is 0.138. The van der Waals surface area contributed by atoms with Crippen molar-refractivity contribution in [3.8, 4) is 17.0 Å². The van der Waals surface area contributed by atoms with Crippen molar-refractivity contribution in [2.45, 2.75) is 12.3 Å². The zero-order chi connectivity index (χ0) is 23.6. The number of hydrogen-bond acceptors (Lipinski definition) is 4. The molecule has 1 fully saturated rings. The Balaban J connectivity index is 1.51. The number of halogens is 4. The molecule has 2 aromatic carbocycles. The van der Waals surface area contributed by atoms with Crippen LogP contribution in [0, 0.1) is 5.82 Å². The average molecular weight is 479 g/mol. The van der Waals surface area contributed by atoms with Crippen LogP contribution < -0.4 is 10.1 Å². The predicted octanol–water partition coefficient (Wildman–Crippen LogP) is 4.85. The third-order valence-corrected chi connectivity index (χ3v) is 5.72. The van der Waals surface area contributed by atoms with E-state index in [-0.39, 0.29) is 30.2 Å². The van der Waals surface area contributed by atoms with E-state index in [2.05, 4.69) is 10.4 Å². The third kappa shape index (κ3) is 5.48. The number of rotatable bonds is 7. The first kappa shape index (κ1) is 23.1. The minimum Gasteiger partial charge on any atom is -0.492 e. The molecule has 10 heteroatoms. The van der Waals surface area contributed by atoms with Crippen LogP contribution in [0.5, 0.6) is 5.75 Å². The molecule has 0 aliphatic carbocycles. The van der Waals surface area contributed by atoms with Crippen molar-refractivity contribution in [1.29, 1.82) is 0 Å². The molecule has 3 aromatic rings. The van der Waals surface area contributed by atoms with Gasteiger partial charge >= 0.3 is 0 Å². The van der Waals surface area contributed by atoms with Crippen molar-refractivity contribution in [2.75, 3.05) is 31.6 Å². The summed E-state index contributed by atoms with van der Waals surface area (Å²) in [5.41, 5.74) is 2.13. The van der Waals surface area contributed by atoms with E-state index >= 15 is 0 Å². The van der Waals surface area contributed by atoms with Gasteiger partial charge in [-0.1, -0.05) is 11.6 Å². The highest BCUT2D eigenvalue weighted by Crippen LogP contribution is 2.33. The quantitative estimate of drug-likeness (QED) is 0.527. The number of ether oxygens (including phenoxy) is 1. The molecule has 33 heavy (non-hydrogen) atoms. The Hall–Kier alpha value is -3.04. The second kappa shape index (κ2) is 9.44. The van der Waals surface area contributed by atoms with Gasteiger partial charge in [-0.15, -0.1) is 0 Å². The lowest BCUT2D eigenvalue weighted by Gasteiger charge is -2.18. The Kier molecular flexibility index (Phi) is 6.62. The maximum Gasteiger partial charge on any atom is 0.261 e. The number of aromatic nitrogens is 2. The number of carbonyl (C=O) groups is 1. The highest BCUT2D eigenvalue weighted by molar-refractivity contribution is 6.31. The number of carbonyl (C=O) groups excluding carboxylic acids is 1. The summed E-state index contributed by atoms with van der Waals surface area (Å²) in [5.74, 6) is -3.16. The summed E-state index contributed by atoms with van der Waals surface area (Å²) in [4.78, 5) is 14.3. The fourth-order valence-electron chi connectivity index (χ4n) is 3.70. The van der Waals surface area contributed by atoms with Crippen LogP contribution in [-0.2, 0) is 7.05 Å². The summed E-state index contributed by atoms with van der Waals surface area (Å²) in [7, 11) is 1.77. The summed E-state index contributed by atoms with van der Waals surface area (Å²) in [5, 5.41) is 6.81. The number of nitrogens with one attached hydrogen (secondary N) is 1. The molecule has 0 unspecified atom stereocenters. The number of nitrogens with zero attached hydrogens (tertiary/aromatic N) is 3. The van der Waals surface area contributed by atoms with E-state index in [1.54, 1.807) is 47.1 Å². The Labute approximate surface area is 193 Å². The Morgan fingerprint density at radius 3 is 2.73 bits per heavy atom. The van der Waals surface area contributed by atoms with Gasteiger partial charge in [-0.25, -0.2) is 13.2 Å². The highest BCUT2D eigenvalue weighted by Gasteiger charge is 2.37. The van der Waals surface area contributed by atoms with E-state index in [0.29, 0.717) is 30.1 Å². The first-order valence-electron chi connectivity index (χ1n) is 10.3. The SMILES string of the molecule is Cn1nccc1-c1cc(NC(=O)c2ccc(F)c(Cl)c2)ccc1OCCN1CCC(F)(F)C1. The van der Waals surface area contributed by atoms with Crippen molar-refractivity contribution >= 4 is 23.2 Å². The first-order chi connectivity index (χ1) is 15.7. The molecule has 1 aliphatic rings. The van der Waals surface area contributed by atoms with Gasteiger partial charge in [0.2, 0.25) is 0 Å². The lowest BCUT2D eigenvalue weighted by molar-refractivity contribution is 0.0113. The Morgan fingerprint density at radius 1 is 1.24 bits per heavy atom. The van der Waals surface area contributed by atoms with Crippen molar-refractivity contribution in [3.05, 3.63) is 65.1 Å². The minimum atomic E-state index is -2.64. The second-order valence-corrected chi connectivity index (χ2v) is 8.27. The fraction of sp³-hybridized carbons (Fsp3) is 0.304. The Morgan fingerprint density at radius 2 is 2.06 bits per heavy atom. The summed E-state index contributed by atoms with van der Waals surface area (Å²) in [6, 6.07) is 10.6. The van der Waals surface area contributed by atoms with Crippen LogP contribution in [0.15, 0.2) is 48.7 Å². The maximum absolute atomic E-state index is 13.4. The lowest BCUT2D eigenvalue weighted by Crippen LogP contribution is -2.29. The van der Waals surface area contributed by atoms with Crippen LogP contribution in [0.1, 0.15) is 16.8 Å². The van der Waals surface area contributed by atoms with Crippen LogP contribution in [0.4, 0.5) is 18.9 Å². The van der Waals surface area contributed by atoms with Gasteiger partial charge in [0.1, 0.15) is 18.2 Å². The van der Waals surface area contributed by atoms with Crippen LogP contribution in [0.2, 0.25) is 5.02 Å². The zero-order valence-corrected chi connectivity index (χ0v) is 18.6. The first-order valence-corrected chi connectivity index (χ1v) is 10.7. The molecular formula is C23H22ClF3N4O2. The second-order valence-electron chi connectivity index (χ2n) is 7.86. The smallest absolute Gasteiger partial charge is 0.261 e. The van der Waals surface area contributed by atoms with E-state index in [0.717, 1.165) is 11.8 Å². The van der Waals surface area contributed by atoms with Crippen LogP contribution >= 0.6 is 11.6 Å². The van der Waals surface area contributed by atoms with E-state index in [9.17, 15) is 18.0 Å². The van der Waals surface area contributed by atoms with Crippen LogP contribution in [-0.4, -0.2) is 52.8 Å². The van der Waals surface area contributed by atoms with Crippen LogP contribution in [0.25, 0.3) is 11.3 Å². The molecule has 6 nitrogen and oxygen atoms in total. The lowest BCUT2D eigenvalue weighted by atomic mass is 10.1. The molecule has 1 amide bonds. The van der Waals surface area contributed by atoms with Crippen LogP contribution in [0.3, 0.4) is 0 Å². The normalized spacial score (nSPS) is 15.5. The van der Waals surface area contributed by atoms with Crippen molar-refractivity contribution < 1.29 is 22.7 Å². The van der Waals surface area contributed by atoms with Gasteiger partial charge in [0, 0.05) is 49.6 Å². The molecule has 4 rings (SSSR count). The molecule has 1 N–H and O–H groups in total. The van der Waals surface area contributed by atoms with Gasteiger partial charge in [0.15, 0.2) is 0 Å². The average Bonchev–Trinajstić information content (AvgIpc) is 3.35. The predicted molar refractivity (Wildman–Crippen MR) is 120 cm³/mol. The zero-order valence-electron chi connectivity index (χ0n) is 17.8. The number of aryl methyl sites for hydroxylation is 1. The van der Waals surface area contributed by atoms with Crippen molar-refractivity contribution in [3.63, 3.8) is 0 Å². The number of likely N-dealkylation sites (tertiary alicyclic amines) is 1. The molecule has 0 radical (unpaired) electrons. The molecule has 1 aliphatic heterocycles. The molecule has 0 bridgehead atoms. The van der Waals surface area contributed by atoms with Gasteiger partial charge in [-0.3, -0.25) is 14.4 Å². The molecule has 2 heterocycles. The molecule has 1 saturated heterocycles. The van der Waals surface area contributed by atoms with E-state index in [4.69, 9.17) is 16.3 Å². The molecule has 0 saturated carbocycles. The summed E-state index contributed by atoms with van der Waals surface area (Å²) < 4.78 is 47.8. The monoisotopic (exact) mass is 478 g/mol. The number of hydrogen-bond donors (Lipinski definition) is 1. The molecule has 174 valence electrons. The number of amides is 1. The summed E-state index contributed by atoms with van der Waals surface area (Å²) >= 11 is 5.78. The highest BCUT2D eigenvalue weighted by atomic mass is 35.5. The molecule has 0 atom stereocenters. The molecule has 1 aromatic heterocycles. The van der Waals surface area contributed by atoms with Gasteiger partial charge < -0.3 is 10.1 Å². The van der Waals surface area contributed by atoms with E-state index in [1.165, 1.54) is 12.1 Å². The fourth-order valence-corrected chi connectivity index (χ4v) is 3.88. The van der Waals surface area contributed by atoms with Gasteiger partial charge in [-0.2, -0.15) is 5.10 Å². The summed E-state index contributed by atoms with van der Waals surface area (Å²) in [6.45, 7) is 0.692. The number of benzene rings is 2. The standard InChI is InChI=1S/C23H22ClF3N4O2/c1-30-20(6-8-28-30)17-13-16(29-22(32)15-2-4-19(25)18(24)12-15)3-5-21(17)33-11-10-31-9-7-23(26,27)14-31/h2-6,8,12-13H,7,9-11,14H2,1H3,(H,29,32). The molecule has 0 spiro atoms. The van der Waals surface area contributed by atoms with Gasteiger partial charge in [0.05, 0.1) is 17.3 Å². The third-order valence-electron chi connectivity index (χ3n) is 5.43. The largest absolute Gasteiger partial charge is 0.492 e. The van der Waals surface area contributed by atoms with Crippen molar-refractivity contribution in [2.24, 2.45) is 7.05 Å². The molecular weight excluding hydrogens is 457 g/mol. The van der Waals surface area contributed by atoms with Gasteiger partial charge in [-0.05, 0) is 42.5 Å². The topological polar surface area (TPSA) is 59.4 Å². The van der Waals surface area contributed by atoms with E-state index in [1.807, 2.05) is 0 Å². The van der Waals surface area contributed by atoms with Gasteiger partial charge in [0.25, 0.3) is 11.8 Å². The maximum atomic E-state index is 13.4. The summed E-state index contributed by atoms with van der Waals surface area (Å²) in [6.07, 6.45) is 1.50.